The zero-order valence-corrected chi connectivity index (χ0v) is 44.6. The largest absolute Gasteiger partial charge is 1.00 e. The van der Waals surface area contributed by atoms with Gasteiger partial charge in [-0.3, -0.25) is 26.1 Å². The molecule has 3 aromatic carbocycles. The molecule has 6 heterocycles. The Morgan fingerprint density at radius 1 is 0.559 bits per heavy atom. The standard InChI is InChI=1S/C17H19N2.C13H9N2O4.C13H15N2.CH4.2BrH.3Y/c1-3-19-10-14-6-4-12-8-18(2)9-13-5-7-15(11-19)17(14)16(12)13;1-3-15-12(18)8-4-6-7(5-9(8)13(15)19)11(17)14(2)10(6)16;1-3-15-10-6-13(7-11-15)12-4-8-14(2)9-5-12;;;;;;/h4-7H,2-3,8-11H2,1H3;4-5H,2-3H2,1H3;4-11H,2-3H2,1H3;1H4;2*1H;;;/q2*-1;+1;;;;;;/p-2. The van der Waals surface area contributed by atoms with Crippen molar-refractivity contribution in [3.8, 4) is 11.1 Å². The number of pyridine rings is 2. The summed E-state index contributed by atoms with van der Waals surface area (Å²) in [5.41, 5.74) is 6.36. The van der Waals surface area contributed by atoms with E-state index in [0.29, 0.717) is 0 Å². The van der Waals surface area contributed by atoms with Gasteiger partial charge in [-0.25, -0.2) is 4.57 Å². The maximum Gasteiger partial charge on any atom is 0.261 e. The molecule has 0 atom stereocenters. The van der Waals surface area contributed by atoms with Gasteiger partial charge >= 0.3 is 0 Å². The molecule has 0 amide bonds. The van der Waals surface area contributed by atoms with Crippen LogP contribution in [0.5, 0.6) is 0 Å². The zero-order chi connectivity index (χ0) is 37.6. The van der Waals surface area contributed by atoms with Crippen LogP contribution in [0.4, 0.5) is 0 Å². The fourth-order valence-electron chi connectivity index (χ4n) is 7.49. The van der Waals surface area contributed by atoms with E-state index in [9.17, 15) is 19.2 Å². The van der Waals surface area contributed by atoms with E-state index in [1.165, 1.54) is 56.3 Å². The van der Waals surface area contributed by atoms with E-state index in [4.69, 9.17) is 0 Å². The molecule has 9 rings (SSSR count). The first-order valence-corrected chi connectivity index (χ1v) is 17.9. The normalized spacial score (nSPS) is 12.5. The number of fused-ring (bicyclic) bond motifs is 2. The third-order valence-corrected chi connectivity index (χ3v) is 10.4. The van der Waals surface area contributed by atoms with Crippen molar-refractivity contribution in [2.24, 2.45) is 0 Å². The maximum absolute atomic E-state index is 12.0. The van der Waals surface area contributed by atoms with E-state index in [-0.39, 0.29) is 168 Å². The summed E-state index contributed by atoms with van der Waals surface area (Å²) in [5.74, 6) is 0. The Hall–Kier alpha value is -1.57. The van der Waals surface area contributed by atoms with Gasteiger partial charge in [0.2, 0.25) is 0 Å². The second-order valence-corrected chi connectivity index (χ2v) is 13.7. The summed E-state index contributed by atoms with van der Waals surface area (Å²) in [6.07, 6.45) is 8.10. The van der Waals surface area contributed by atoms with Crippen molar-refractivity contribution in [1.82, 2.24) is 18.9 Å². The second kappa shape index (κ2) is 23.8. The Balaban J connectivity index is 0.000000424. The van der Waals surface area contributed by atoms with Crippen LogP contribution in [-0.4, -0.2) is 25.5 Å². The molecule has 0 unspecified atom stereocenters. The molecule has 0 N–H and O–H groups in total. The molecule has 0 bridgehead atoms. The smallest absolute Gasteiger partial charge is 0.261 e. The van der Waals surface area contributed by atoms with Crippen LogP contribution in [0.3, 0.4) is 0 Å². The molecule has 2 aliphatic rings. The molecule has 0 fully saturated rings. The predicted molar refractivity (Wildman–Crippen MR) is 215 cm³/mol. The van der Waals surface area contributed by atoms with E-state index in [0.717, 1.165) is 48.4 Å². The molecule has 15 heteroatoms. The monoisotopic (exact) mass is 1150 g/mol. The van der Waals surface area contributed by atoms with E-state index >= 15 is 0 Å². The van der Waals surface area contributed by atoms with Gasteiger partial charge in [0.1, 0.15) is 6.54 Å². The van der Waals surface area contributed by atoms with Gasteiger partial charge in [-0.2, -0.15) is 0 Å². The molecule has 2 aliphatic heterocycles. The molecular weight excluding hydrogens is 1100 g/mol. The van der Waals surface area contributed by atoms with Gasteiger partial charge in [0.25, 0.3) is 11.1 Å². The van der Waals surface area contributed by atoms with Crippen LogP contribution in [0, 0.1) is 21.1 Å². The molecule has 0 saturated carbocycles. The number of halogens is 2. The van der Waals surface area contributed by atoms with Crippen molar-refractivity contribution < 1.29 is 141 Å². The molecule has 4 aromatic heterocycles. The van der Waals surface area contributed by atoms with Crippen LogP contribution in [0.1, 0.15) is 50.5 Å². The van der Waals surface area contributed by atoms with Crippen molar-refractivity contribution in [3.63, 3.8) is 0 Å². The van der Waals surface area contributed by atoms with Crippen molar-refractivity contribution >= 4 is 32.3 Å². The quantitative estimate of drug-likeness (QED) is 0.168. The first-order valence-electron chi connectivity index (χ1n) is 17.9. The molecule has 7 aromatic rings. The minimum Gasteiger partial charge on any atom is -1.00 e. The molecule has 0 saturated heterocycles. The van der Waals surface area contributed by atoms with E-state index < -0.39 is 22.2 Å². The van der Waals surface area contributed by atoms with Crippen LogP contribution in [0.25, 0.3) is 43.4 Å². The molecule has 10 nitrogen and oxygen atoms in total. The first-order chi connectivity index (χ1) is 25.5. The van der Waals surface area contributed by atoms with Crippen LogP contribution >= 0.6 is 0 Å². The van der Waals surface area contributed by atoms with Gasteiger partial charge in [-0.1, -0.05) is 38.6 Å². The van der Waals surface area contributed by atoms with Gasteiger partial charge in [0.15, 0.2) is 23.5 Å². The Morgan fingerprint density at radius 2 is 0.932 bits per heavy atom. The third-order valence-electron chi connectivity index (χ3n) is 10.4. The molecule has 0 spiro atoms. The van der Waals surface area contributed by atoms with Crippen LogP contribution in [0.15, 0.2) is 105 Å². The number of aryl methyl sites for hydroxylation is 1. The predicted octanol–water partition coefficient (Wildman–Crippen LogP) is -0.921. The SMILES string of the molecule is C.[Br-].[Br-].[CH2-]N1Cc2ccc3c4c(ccc(c24)C1)CN(CC)C3.[CH2-][n+]1ccc(-c2cc[n+](CC)cc2)cc1.[CH2-]n1c(=O)c2cc3c(=O)n(CC)c(=O)c3cc2c1=O.[Y].[Y].[Y]. The Kier molecular flexibility index (Phi) is 22.3. The summed E-state index contributed by atoms with van der Waals surface area (Å²) in [6.45, 7) is 12.6. The minimum absolute atomic E-state index is 0. The number of hydrogen-bond donors (Lipinski definition) is 0. The van der Waals surface area contributed by atoms with Crippen LogP contribution in [0.2, 0.25) is 0 Å². The van der Waals surface area contributed by atoms with E-state index in [2.05, 4.69) is 110 Å². The van der Waals surface area contributed by atoms with Crippen LogP contribution < -0.4 is 65.3 Å². The average Bonchev–Trinajstić information content (AvgIpc) is 3.55. The number of rotatable bonds is 4. The summed E-state index contributed by atoms with van der Waals surface area (Å²) < 4.78 is 5.75. The summed E-state index contributed by atoms with van der Waals surface area (Å²) in [5, 5.41) is 3.64. The number of benzene rings is 3. The third kappa shape index (κ3) is 11.2. The van der Waals surface area contributed by atoms with Gasteiger partial charge in [-0.15, -0.1) is 7.05 Å². The summed E-state index contributed by atoms with van der Waals surface area (Å²) in [7, 11) is 11.2. The average molecular weight is 1150 g/mol. The fraction of sp³-hybridized carbons (Fsp3) is 0.250. The summed E-state index contributed by atoms with van der Waals surface area (Å²) in [6, 6.07) is 20.3. The second-order valence-electron chi connectivity index (χ2n) is 13.7. The number of hydrogen-bond acceptors (Lipinski definition) is 6. The molecule has 0 aliphatic carbocycles. The Morgan fingerprint density at radius 3 is 1.31 bits per heavy atom. The summed E-state index contributed by atoms with van der Waals surface area (Å²) >= 11 is 0. The topological polar surface area (TPSA) is 92.4 Å². The van der Waals surface area contributed by atoms with Gasteiger partial charge < -0.3 is 57.6 Å². The van der Waals surface area contributed by atoms with Gasteiger partial charge in [0, 0.05) is 137 Å². The van der Waals surface area contributed by atoms with E-state index in [1.54, 1.807) is 11.5 Å². The van der Waals surface area contributed by atoms with E-state index in [1.807, 2.05) is 12.4 Å². The van der Waals surface area contributed by atoms with Gasteiger partial charge in [0.05, 0.1) is 23.2 Å². The first kappa shape index (κ1) is 55.4. The number of nitrogens with zero attached hydrogens (tertiary/aromatic N) is 6. The van der Waals surface area contributed by atoms with Crippen molar-refractivity contribution in [2.75, 3.05) is 6.54 Å². The van der Waals surface area contributed by atoms with Crippen molar-refractivity contribution in [3.05, 3.63) is 170 Å². The van der Waals surface area contributed by atoms with Gasteiger partial charge in [-0.05, 0) is 113 Å². The Bertz CT molecular complexity index is 2600. The fourth-order valence-corrected chi connectivity index (χ4v) is 7.49. The minimum atomic E-state index is -0.557. The zero-order valence-electron chi connectivity index (χ0n) is 33.0. The molecule has 3 radical (unpaired) electrons. The molecular formula is C44H47Br2N6O4Y3-3. The Labute approximate surface area is 442 Å². The number of aromatic nitrogens is 4. The van der Waals surface area contributed by atoms with Crippen molar-refractivity contribution in [1.29, 1.82) is 0 Å². The van der Waals surface area contributed by atoms with Crippen molar-refractivity contribution in [2.45, 2.75) is 67.5 Å². The molecule has 59 heavy (non-hydrogen) atoms. The molecule has 303 valence electrons. The summed E-state index contributed by atoms with van der Waals surface area (Å²) in [4.78, 5) is 52.2. The van der Waals surface area contributed by atoms with Crippen LogP contribution in [-0.2, 0) is 137 Å². The maximum atomic E-state index is 12.0.